The zero-order valence-corrected chi connectivity index (χ0v) is 15.5. The first-order valence-corrected chi connectivity index (χ1v) is 8.17. The summed E-state index contributed by atoms with van der Waals surface area (Å²) in [5, 5.41) is 0. The zero-order valence-electron chi connectivity index (χ0n) is 10.2. The van der Waals surface area contributed by atoms with Gasteiger partial charge in [0, 0.05) is 15.1 Å². The van der Waals surface area contributed by atoms with E-state index in [1.807, 2.05) is 42.5 Å². The topological polar surface area (TPSA) is 58.6 Å². The van der Waals surface area contributed by atoms with E-state index < -0.39 is 0 Å². The van der Waals surface area contributed by atoms with Crippen LogP contribution >= 0.6 is 54.5 Å². The molecular formula is C12H10Br2IN3O. The average Bonchev–Trinajstić information content (AvgIpc) is 2.32. The van der Waals surface area contributed by atoms with E-state index in [9.17, 15) is 4.79 Å². The molecule has 0 radical (unpaired) electrons. The van der Waals surface area contributed by atoms with Gasteiger partial charge in [-0.2, -0.15) is 0 Å². The Labute approximate surface area is 140 Å². The maximum Gasteiger partial charge on any atom is 0.264 e. The number of nitrogens with zero attached hydrogens (tertiary/aromatic N) is 2. The molecule has 2 rings (SSSR count). The van der Waals surface area contributed by atoms with Crippen molar-refractivity contribution in [3.8, 4) is 11.5 Å². The molecule has 2 aromatic rings. The lowest BCUT2D eigenvalue weighted by atomic mass is 10.1. The average molecular weight is 499 g/mol. The van der Waals surface area contributed by atoms with Gasteiger partial charge in [-0.1, -0.05) is 13.8 Å². The Balaban J connectivity index is 2.66. The Morgan fingerprint density at radius 1 is 1.37 bits per heavy atom. The van der Waals surface area contributed by atoms with Crippen molar-refractivity contribution in [2.75, 3.05) is 0 Å². The normalized spacial score (nSPS) is 11.1. The van der Waals surface area contributed by atoms with Crippen LogP contribution in [0.1, 0.15) is 25.5 Å². The molecule has 0 bridgehead atoms. The number of hydrogen-bond donors (Lipinski definition) is 1. The van der Waals surface area contributed by atoms with E-state index in [2.05, 4.69) is 46.8 Å². The third-order valence-corrected chi connectivity index (χ3v) is 4.55. The predicted molar refractivity (Wildman–Crippen MR) is 90.3 cm³/mol. The number of aromatic amines is 1. The van der Waals surface area contributed by atoms with E-state index in [4.69, 9.17) is 0 Å². The van der Waals surface area contributed by atoms with Crippen LogP contribution in [0.4, 0.5) is 0 Å². The number of nitrogens with one attached hydrogen (secondary N) is 1. The molecule has 0 saturated carbocycles. The van der Waals surface area contributed by atoms with Crippen molar-refractivity contribution in [3.63, 3.8) is 0 Å². The maximum atomic E-state index is 12.0. The van der Waals surface area contributed by atoms with Crippen molar-refractivity contribution >= 4 is 54.5 Å². The maximum absolute atomic E-state index is 12.0. The van der Waals surface area contributed by atoms with Crippen LogP contribution in [0.5, 0.6) is 0 Å². The number of aromatic nitrogens is 3. The van der Waals surface area contributed by atoms with Gasteiger partial charge in [0.05, 0.1) is 9.26 Å². The third kappa shape index (κ3) is 3.25. The summed E-state index contributed by atoms with van der Waals surface area (Å²) in [4.78, 5) is 23.5. The lowest BCUT2D eigenvalue weighted by molar-refractivity contribution is 0.801. The molecule has 2 aromatic heterocycles. The van der Waals surface area contributed by atoms with Crippen LogP contribution in [0.3, 0.4) is 0 Å². The summed E-state index contributed by atoms with van der Waals surface area (Å²) in [6.45, 7) is 4.02. The summed E-state index contributed by atoms with van der Waals surface area (Å²) in [5.41, 5.74) is 1.28. The number of halogens is 3. The van der Waals surface area contributed by atoms with Gasteiger partial charge in [-0.15, -0.1) is 0 Å². The molecule has 0 aliphatic heterocycles. The van der Waals surface area contributed by atoms with Gasteiger partial charge in [0.15, 0.2) is 5.82 Å². The Morgan fingerprint density at radius 2 is 2.05 bits per heavy atom. The summed E-state index contributed by atoms with van der Waals surface area (Å²) in [6, 6.07) is 1.87. The lowest BCUT2D eigenvalue weighted by Crippen LogP contribution is -2.17. The van der Waals surface area contributed by atoms with Crippen molar-refractivity contribution in [1.82, 2.24) is 15.0 Å². The fourth-order valence-corrected chi connectivity index (χ4v) is 3.61. The van der Waals surface area contributed by atoms with Crippen molar-refractivity contribution in [2.24, 2.45) is 0 Å². The number of H-pyrrole nitrogens is 1. The highest BCUT2D eigenvalue weighted by molar-refractivity contribution is 14.1. The molecule has 0 atom stereocenters. The first-order valence-electron chi connectivity index (χ1n) is 5.51. The molecule has 0 spiro atoms. The zero-order chi connectivity index (χ0) is 14.2. The van der Waals surface area contributed by atoms with E-state index in [-0.39, 0.29) is 11.5 Å². The highest BCUT2D eigenvalue weighted by Gasteiger charge is 2.15. The molecule has 4 nitrogen and oxygen atoms in total. The third-order valence-electron chi connectivity index (χ3n) is 2.47. The van der Waals surface area contributed by atoms with Crippen LogP contribution in [0.2, 0.25) is 0 Å². The standard InChI is InChI=1S/C12H10Br2IN3O/c1-5(2)9-8(15)12(19)18-11(17-9)10-7(14)3-6(13)4-16-10/h3-5H,1-2H3,(H,17,18,19). The summed E-state index contributed by atoms with van der Waals surface area (Å²) >= 11 is 8.80. The summed E-state index contributed by atoms with van der Waals surface area (Å²) in [6.07, 6.45) is 1.67. The highest BCUT2D eigenvalue weighted by atomic mass is 127. The monoisotopic (exact) mass is 497 g/mol. The minimum atomic E-state index is -0.133. The van der Waals surface area contributed by atoms with Crippen LogP contribution in [0.25, 0.3) is 11.5 Å². The second-order valence-corrected chi connectivity index (χ2v) is 7.10. The highest BCUT2D eigenvalue weighted by Crippen LogP contribution is 2.27. The molecule has 0 aliphatic rings. The molecule has 0 aliphatic carbocycles. The Morgan fingerprint density at radius 3 is 2.63 bits per heavy atom. The van der Waals surface area contributed by atoms with Gasteiger partial charge in [0.1, 0.15) is 5.69 Å². The first kappa shape index (κ1) is 15.1. The van der Waals surface area contributed by atoms with Crippen LogP contribution in [0.15, 0.2) is 26.0 Å². The van der Waals surface area contributed by atoms with E-state index in [0.717, 1.165) is 14.6 Å². The van der Waals surface area contributed by atoms with Gasteiger partial charge in [-0.25, -0.2) is 4.98 Å². The molecule has 7 heteroatoms. The number of hydrogen-bond acceptors (Lipinski definition) is 3. The second kappa shape index (κ2) is 6.01. The molecule has 0 saturated heterocycles. The SMILES string of the molecule is CC(C)c1nc(-c2ncc(Br)cc2Br)[nH]c(=O)c1I. The first-order chi connectivity index (χ1) is 8.90. The molecule has 0 amide bonds. The second-order valence-electron chi connectivity index (χ2n) is 4.25. The molecule has 2 heterocycles. The summed E-state index contributed by atoms with van der Waals surface area (Å²) in [5.74, 6) is 0.663. The fraction of sp³-hybridized carbons (Fsp3) is 0.250. The van der Waals surface area contributed by atoms with Crippen molar-refractivity contribution in [3.05, 3.63) is 40.8 Å². The van der Waals surface area contributed by atoms with Gasteiger partial charge in [-0.3, -0.25) is 9.78 Å². The quantitative estimate of drug-likeness (QED) is 0.635. The number of pyridine rings is 1. The predicted octanol–water partition coefficient (Wildman–Crippen LogP) is 4.08. The van der Waals surface area contributed by atoms with Crippen molar-refractivity contribution in [2.45, 2.75) is 19.8 Å². The Hall–Kier alpha value is -0.280. The van der Waals surface area contributed by atoms with E-state index in [0.29, 0.717) is 15.1 Å². The van der Waals surface area contributed by atoms with E-state index >= 15 is 0 Å². The lowest BCUT2D eigenvalue weighted by Gasteiger charge is -2.10. The van der Waals surface area contributed by atoms with Gasteiger partial charge >= 0.3 is 0 Å². The number of rotatable bonds is 2. The summed E-state index contributed by atoms with van der Waals surface area (Å²) in [7, 11) is 0. The fourth-order valence-electron chi connectivity index (χ4n) is 1.56. The summed E-state index contributed by atoms with van der Waals surface area (Å²) < 4.78 is 2.27. The smallest absolute Gasteiger partial charge is 0.264 e. The van der Waals surface area contributed by atoms with Crippen LogP contribution < -0.4 is 5.56 Å². The molecular weight excluding hydrogens is 489 g/mol. The largest absolute Gasteiger partial charge is 0.304 e. The molecule has 0 unspecified atom stereocenters. The van der Waals surface area contributed by atoms with Crippen LogP contribution in [-0.2, 0) is 0 Å². The minimum Gasteiger partial charge on any atom is -0.304 e. The molecule has 0 aromatic carbocycles. The molecule has 100 valence electrons. The van der Waals surface area contributed by atoms with Gasteiger partial charge in [-0.05, 0) is 66.4 Å². The van der Waals surface area contributed by atoms with Gasteiger partial charge in [0.25, 0.3) is 5.56 Å². The molecule has 1 N–H and O–H groups in total. The van der Waals surface area contributed by atoms with Crippen LogP contribution in [-0.4, -0.2) is 15.0 Å². The molecule has 0 fully saturated rings. The Bertz CT molecular complexity index is 685. The van der Waals surface area contributed by atoms with Gasteiger partial charge in [0.2, 0.25) is 0 Å². The van der Waals surface area contributed by atoms with Crippen molar-refractivity contribution in [1.29, 1.82) is 0 Å². The molecule has 19 heavy (non-hydrogen) atoms. The van der Waals surface area contributed by atoms with E-state index in [1.54, 1.807) is 6.20 Å². The minimum absolute atomic E-state index is 0.133. The van der Waals surface area contributed by atoms with Crippen molar-refractivity contribution < 1.29 is 0 Å². The van der Waals surface area contributed by atoms with Crippen LogP contribution in [0, 0.1) is 3.57 Å². The van der Waals surface area contributed by atoms with Gasteiger partial charge < -0.3 is 4.98 Å². The Kier molecular flexibility index (Phi) is 4.78. The van der Waals surface area contributed by atoms with E-state index in [1.165, 1.54) is 0 Å².